The van der Waals surface area contributed by atoms with Crippen molar-refractivity contribution >= 4 is 0 Å². The van der Waals surface area contributed by atoms with Crippen molar-refractivity contribution in [2.45, 2.75) is 6.36 Å². The third-order valence-electron chi connectivity index (χ3n) is 2.80. The zero-order chi connectivity index (χ0) is 16.3. The van der Waals surface area contributed by atoms with Crippen LogP contribution in [0.1, 0.15) is 5.56 Å². The molecule has 0 radical (unpaired) electrons. The highest BCUT2D eigenvalue weighted by Gasteiger charge is 2.32. The summed E-state index contributed by atoms with van der Waals surface area (Å²) in [5.74, 6) is -1.18. The maximum atomic E-state index is 14.0. The molecule has 0 amide bonds. The fraction of sp³-hybridized carbons (Fsp3) is 0.133. The van der Waals surface area contributed by atoms with Crippen molar-refractivity contribution in [3.05, 3.63) is 47.8 Å². The lowest BCUT2D eigenvalue weighted by molar-refractivity contribution is -0.274. The molecule has 0 bridgehead atoms. The van der Waals surface area contributed by atoms with Crippen molar-refractivity contribution in [1.29, 1.82) is 5.26 Å². The third-order valence-corrected chi connectivity index (χ3v) is 2.80. The van der Waals surface area contributed by atoms with Crippen LogP contribution in [-0.2, 0) is 0 Å². The molecule has 7 heteroatoms. The highest BCUT2D eigenvalue weighted by atomic mass is 19.4. The van der Waals surface area contributed by atoms with E-state index >= 15 is 0 Å². The standard InChI is InChI=1S/C15H9F4NO2/c1-21-10-3-5-11(13(16)7-10)12-4-2-9(8-20)6-14(12)22-15(17,18)19/h2-7H,1H3. The van der Waals surface area contributed by atoms with Crippen molar-refractivity contribution in [1.82, 2.24) is 0 Å². The molecular formula is C15H9F4NO2. The first-order chi connectivity index (χ1) is 10.3. The van der Waals surface area contributed by atoms with E-state index in [1.54, 1.807) is 6.07 Å². The number of nitrogens with zero attached hydrogens (tertiary/aromatic N) is 1. The summed E-state index contributed by atoms with van der Waals surface area (Å²) in [6.45, 7) is 0. The molecule has 2 aromatic carbocycles. The molecule has 2 aromatic rings. The molecule has 2 rings (SSSR count). The van der Waals surface area contributed by atoms with Gasteiger partial charge in [0.1, 0.15) is 17.3 Å². The average molecular weight is 311 g/mol. The van der Waals surface area contributed by atoms with Gasteiger partial charge in [-0.2, -0.15) is 5.26 Å². The molecule has 0 aliphatic carbocycles. The number of hydrogen-bond acceptors (Lipinski definition) is 3. The monoisotopic (exact) mass is 311 g/mol. The summed E-state index contributed by atoms with van der Waals surface area (Å²) in [5, 5.41) is 8.77. The Bertz CT molecular complexity index is 735. The number of halogens is 4. The molecule has 0 aliphatic rings. The van der Waals surface area contributed by atoms with E-state index in [0.717, 1.165) is 12.1 Å². The fourth-order valence-corrected chi connectivity index (χ4v) is 1.86. The highest BCUT2D eigenvalue weighted by molar-refractivity contribution is 5.72. The van der Waals surface area contributed by atoms with E-state index in [-0.39, 0.29) is 22.4 Å². The maximum absolute atomic E-state index is 14.0. The number of hydrogen-bond donors (Lipinski definition) is 0. The number of nitriles is 1. The summed E-state index contributed by atoms with van der Waals surface area (Å²) in [6, 6.07) is 8.83. The van der Waals surface area contributed by atoms with Gasteiger partial charge in [-0.15, -0.1) is 13.2 Å². The van der Waals surface area contributed by atoms with Gasteiger partial charge in [0.25, 0.3) is 0 Å². The molecular weight excluding hydrogens is 302 g/mol. The number of ether oxygens (including phenoxy) is 2. The van der Waals surface area contributed by atoms with E-state index in [9.17, 15) is 17.6 Å². The Labute approximate surface area is 123 Å². The normalized spacial score (nSPS) is 10.9. The summed E-state index contributed by atoms with van der Waals surface area (Å²) >= 11 is 0. The van der Waals surface area contributed by atoms with Gasteiger partial charge in [0, 0.05) is 17.2 Å². The van der Waals surface area contributed by atoms with Crippen LogP contribution in [-0.4, -0.2) is 13.5 Å². The molecule has 0 N–H and O–H groups in total. The van der Waals surface area contributed by atoms with Gasteiger partial charge >= 0.3 is 6.36 Å². The SMILES string of the molecule is COc1ccc(-c2ccc(C#N)cc2OC(F)(F)F)c(F)c1. The first kappa shape index (κ1) is 15.6. The lowest BCUT2D eigenvalue weighted by Gasteiger charge is -2.14. The fourth-order valence-electron chi connectivity index (χ4n) is 1.86. The Kier molecular flexibility index (Phi) is 4.22. The minimum atomic E-state index is -4.95. The number of methoxy groups -OCH3 is 1. The Morgan fingerprint density at radius 2 is 1.73 bits per heavy atom. The van der Waals surface area contributed by atoms with E-state index in [2.05, 4.69) is 4.74 Å². The first-order valence-electron chi connectivity index (χ1n) is 5.98. The van der Waals surface area contributed by atoms with Crippen molar-refractivity contribution in [2.75, 3.05) is 7.11 Å². The molecule has 22 heavy (non-hydrogen) atoms. The van der Waals surface area contributed by atoms with Gasteiger partial charge in [-0.25, -0.2) is 4.39 Å². The van der Waals surface area contributed by atoms with Crippen LogP contribution in [0.2, 0.25) is 0 Å². The number of benzene rings is 2. The molecule has 0 spiro atoms. The molecule has 114 valence electrons. The average Bonchev–Trinajstić information content (AvgIpc) is 2.45. The number of rotatable bonds is 3. The van der Waals surface area contributed by atoms with Crippen LogP contribution in [0.15, 0.2) is 36.4 Å². The van der Waals surface area contributed by atoms with Crippen LogP contribution in [0.3, 0.4) is 0 Å². The van der Waals surface area contributed by atoms with E-state index in [0.29, 0.717) is 0 Å². The second-order valence-corrected chi connectivity index (χ2v) is 4.22. The largest absolute Gasteiger partial charge is 0.573 e. The molecule has 3 nitrogen and oxygen atoms in total. The second kappa shape index (κ2) is 5.93. The predicted molar refractivity (Wildman–Crippen MR) is 69.8 cm³/mol. The first-order valence-corrected chi connectivity index (χ1v) is 5.98. The Morgan fingerprint density at radius 1 is 1.05 bits per heavy atom. The Hall–Kier alpha value is -2.75. The van der Waals surface area contributed by atoms with Gasteiger partial charge in [0.05, 0.1) is 18.7 Å². The maximum Gasteiger partial charge on any atom is 0.573 e. The number of alkyl halides is 3. The van der Waals surface area contributed by atoms with E-state index in [1.807, 2.05) is 0 Å². The van der Waals surface area contributed by atoms with Crippen LogP contribution in [0.4, 0.5) is 17.6 Å². The second-order valence-electron chi connectivity index (χ2n) is 4.22. The minimum absolute atomic E-state index is 0.0306. The molecule has 0 aromatic heterocycles. The summed E-state index contributed by atoms with van der Waals surface area (Å²) in [7, 11) is 1.34. The Balaban J connectivity index is 2.57. The summed E-state index contributed by atoms with van der Waals surface area (Å²) < 4.78 is 60.2. The van der Waals surface area contributed by atoms with Gasteiger partial charge in [-0.3, -0.25) is 0 Å². The molecule has 0 fully saturated rings. The lowest BCUT2D eigenvalue weighted by Crippen LogP contribution is -2.17. The molecule has 0 aliphatic heterocycles. The van der Waals surface area contributed by atoms with Crippen LogP contribution in [0, 0.1) is 17.1 Å². The van der Waals surface area contributed by atoms with Gasteiger partial charge in [-0.1, -0.05) is 0 Å². The van der Waals surface area contributed by atoms with Crippen molar-refractivity contribution in [3.63, 3.8) is 0 Å². The minimum Gasteiger partial charge on any atom is -0.497 e. The quantitative estimate of drug-likeness (QED) is 0.795. The smallest absolute Gasteiger partial charge is 0.497 e. The summed E-state index contributed by atoms with van der Waals surface area (Å²) in [6.07, 6.45) is -4.95. The van der Waals surface area contributed by atoms with Crippen LogP contribution >= 0.6 is 0 Å². The van der Waals surface area contributed by atoms with E-state index < -0.39 is 17.9 Å². The molecule has 0 saturated heterocycles. The topological polar surface area (TPSA) is 42.2 Å². The molecule has 0 heterocycles. The summed E-state index contributed by atoms with van der Waals surface area (Å²) in [4.78, 5) is 0. The van der Waals surface area contributed by atoms with Crippen LogP contribution in [0.25, 0.3) is 11.1 Å². The van der Waals surface area contributed by atoms with Crippen molar-refractivity contribution < 1.29 is 27.0 Å². The van der Waals surface area contributed by atoms with Gasteiger partial charge in [0.15, 0.2) is 0 Å². The molecule has 0 atom stereocenters. The zero-order valence-electron chi connectivity index (χ0n) is 11.2. The summed E-state index contributed by atoms with van der Waals surface area (Å²) in [5.41, 5.74) is -0.238. The van der Waals surface area contributed by atoms with Crippen LogP contribution in [0.5, 0.6) is 11.5 Å². The Morgan fingerprint density at radius 3 is 2.27 bits per heavy atom. The predicted octanol–water partition coefficient (Wildman–Crippen LogP) is 4.27. The highest BCUT2D eigenvalue weighted by Crippen LogP contribution is 2.36. The lowest BCUT2D eigenvalue weighted by atomic mass is 10.0. The molecule has 0 unspecified atom stereocenters. The van der Waals surface area contributed by atoms with Gasteiger partial charge < -0.3 is 9.47 Å². The molecule has 0 saturated carbocycles. The van der Waals surface area contributed by atoms with Gasteiger partial charge in [0.2, 0.25) is 0 Å². The van der Waals surface area contributed by atoms with Gasteiger partial charge in [-0.05, 0) is 30.3 Å². The van der Waals surface area contributed by atoms with Crippen molar-refractivity contribution in [3.8, 4) is 28.7 Å². The zero-order valence-corrected chi connectivity index (χ0v) is 11.2. The third kappa shape index (κ3) is 3.47. The van der Waals surface area contributed by atoms with E-state index in [1.165, 1.54) is 31.4 Å². The van der Waals surface area contributed by atoms with Crippen LogP contribution < -0.4 is 9.47 Å². The van der Waals surface area contributed by atoms with Crippen molar-refractivity contribution in [2.24, 2.45) is 0 Å². The van der Waals surface area contributed by atoms with E-state index in [4.69, 9.17) is 10.00 Å².